The van der Waals surface area contributed by atoms with Gasteiger partial charge in [0.2, 0.25) is 0 Å². The average molecular weight is 318 g/mol. The van der Waals surface area contributed by atoms with Crippen LogP contribution in [-0.4, -0.2) is 40.4 Å². The molecule has 2 fully saturated rings. The molecule has 0 amide bonds. The SMILES string of the molecule is O=[N+]([O-])c1cc(Cl)ccc1COP(=O)(N1CC1)N1CC1. The van der Waals surface area contributed by atoms with Gasteiger partial charge < -0.3 is 4.52 Å². The van der Waals surface area contributed by atoms with Crippen molar-refractivity contribution >= 4 is 25.0 Å². The van der Waals surface area contributed by atoms with Gasteiger partial charge in [0, 0.05) is 37.3 Å². The van der Waals surface area contributed by atoms with Crippen LogP contribution in [0.25, 0.3) is 0 Å². The predicted octanol–water partition coefficient (Wildman–Crippen LogP) is 2.50. The van der Waals surface area contributed by atoms with Gasteiger partial charge in [-0.2, -0.15) is 0 Å². The Morgan fingerprint density at radius 1 is 1.30 bits per heavy atom. The average Bonchev–Trinajstić information content (AvgIpc) is 3.29. The third-order valence-electron chi connectivity index (χ3n) is 3.19. The van der Waals surface area contributed by atoms with E-state index < -0.39 is 12.6 Å². The topological polar surface area (TPSA) is 75.5 Å². The number of halogens is 1. The zero-order valence-corrected chi connectivity index (χ0v) is 12.2. The second-order valence-electron chi connectivity index (χ2n) is 4.70. The highest BCUT2D eigenvalue weighted by Gasteiger charge is 2.49. The smallest absolute Gasteiger partial charge is 0.301 e. The van der Waals surface area contributed by atoms with Crippen molar-refractivity contribution in [1.29, 1.82) is 0 Å². The van der Waals surface area contributed by atoms with Gasteiger partial charge in [-0.25, -0.2) is 9.34 Å². The molecule has 2 aliphatic rings. The second kappa shape index (κ2) is 5.09. The first-order valence-electron chi connectivity index (χ1n) is 6.19. The van der Waals surface area contributed by atoms with Gasteiger partial charge in [-0.15, -0.1) is 0 Å². The lowest BCUT2D eigenvalue weighted by atomic mass is 10.2. The van der Waals surface area contributed by atoms with Gasteiger partial charge in [0.15, 0.2) is 0 Å². The number of nitro groups is 1. The summed E-state index contributed by atoms with van der Waals surface area (Å²) in [5.74, 6) is 0. The number of hydrogen-bond acceptors (Lipinski definition) is 4. The van der Waals surface area contributed by atoms with Crippen molar-refractivity contribution in [3.63, 3.8) is 0 Å². The molecule has 0 atom stereocenters. The molecule has 2 heterocycles. The number of hydrogen-bond donors (Lipinski definition) is 0. The summed E-state index contributed by atoms with van der Waals surface area (Å²) in [4.78, 5) is 10.5. The van der Waals surface area contributed by atoms with Gasteiger partial charge in [-0.3, -0.25) is 14.7 Å². The molecule has 0 bridgehead atoms. The Bertz CT molecular complexity index is 587. The molecule has 0 saturated carbocycles. The Kier molecular flexibility index (Phi) is 3.56. The first-order chi connectivity index (χ1) is 9.50. The minimum atomic E-state index is -2.96. The lowest BCUT2D eigenvalue weighted by molar-refractivity contribution is -0.385. The van der Waals surface area contributed by atoms with Gasteiger partial charge >= 0.3 is 7.67 Å². The van der Waals surface area contributed by atoms with Gasteiger partial charge in [-0.05, 0) is 12.1 Å². The highest BCUT2D eigenvalue weighted by molar-refractivity contribution is 7.54. The van der Waals surface area contributed by atoms with Gasteiger partial charge in [-0.1, -0.05) is 11.6 Å². The summed E-state index contributed by atoms with van der Waals surface area (Å²) in [6.07, 6.45) is 0. The molecule has 0 aromatic heterocycles. The van der Waals surface area contributed by atoms with E-state index in [1.807, 2.05) is 0 Å². The summed E-state index contributed by atoms with van der Waals surface area (Å²) in [6, 6.07) is 4.38. The molecule has 7 nitrogen and oxygen atoms in total. The van der Waals surface area contributed by atoms with Crippen molar-refractivity contribution in [2.75, 3.05) is 26.2 Å². The molecule has 2 saturated heterocycles. The van der Waals surface area contributed by atoms with Crippen molar-refractivity contribution in [2.24, 2.45) is 0 Å². The maximum atomic E-state index is 12.7. The quantitative estimate of drug-likeness (QED) is 0.347. The first kappa shape index (κ1) is 14.0. The lowest BCUT2D eigenvalue weighted by Gasteiger charge is -2.19. The molecule has 20 heavy (non-hydrogen) atoms. The molecule has 0 aliphatic carbocycles. The molecule has 1 aromatic carbocycles. The van der Waals surface area contributed by atoms with E-state index in [1.54, 1.807) is 15.4 Å². The molecule has 0 radical (unpaired) electrons. The summed E-state index contributed by atoms with van der Waals surface area (Å²) in [6.45, 7) is 2.93. The van der Waals surface area contributed by atoms with Crippen molar-refractivity contribution in [1.82, 2.24) is 9.34 Å². The van der Waals surface area contributed by atoms with Crippen molar-refractivity contribution in [3.05, 3.63) is 38.9 Å². The molecule has 0 unspecified atom stereocenters. The van der Waals surface area contributed by atoms with Gasteiger partial charge in [0.05, 0.1) is 17.1 Å². The molecule has 3 rings (SSSR count). The first-order valence-corrected chi connectivity index (χ1v) is 8.10. The highest BCUT2D eigenvalue weighted by atomic mass is 35.5. The van der Waals surface area contributed by atoms with Crippen LogP contribution in [0.1, 0.15) is 5.56 Å². The van der Waals surface area contributed by atoms with E-state index >= 15 is 0 Å². The van der Waals surface area contributed by atoms with E-state index in [4.69, 9.17) is 16.1 Å². The summed E-state index contributed by atoms with van der Waals surface area (Å²) in [5, 5.41) is 11.3. The minimum absolute atomic E-state index is 0.0578. The van der Waals surface area contributed by atoms with Gasteiger partial charge in [0.25, 0.3) is 5.69 Å². The lowest BCUT2D eigenvalue weighted by Crippen LogP contribution is -2.08. The Balaban J connectivity index is 1.78. The molecule has 108 valence electrons. The number of nitrogens with zero attached hydrogens (tertiary/aromatic N) is 3. The summed E-state index contributed by atoms with van der Waals surface area (Å²) in [5.41, 5.74) is 0.268. The molecule has 0 N–H and O–H groups in total. The summed E-state index contributed by atoms with van der Waals surface area (Å²) >= 11 is 5.76. The van der Waals surface area contributed by atoms with Crippen molar-refractivity contribution in [3.8, 4) is 0 Å². The van der Waals surface area contributed by atoms with Crippen LogP contribution in [-0.2, 0) is 15.7 Å². The monoisotopic (exact) mass is 317 g/mol. The zero-order chi connectivity index (χ0) is 14.3. The fraction of sp³-hybridized carbons (Fsp3) is 0.455. The summed E-state index contributed by atoms with van der Waals surface area (Å²) in [7, 11) is -2.96. The third kappa shape index (κ3) is 2.73. The van der Waals surface area contributed by atoms with E-state index in [0.29, 0.717) is 10.6 Å². The van der Waals surface area contributed by atoms with E-state index in [0.717, 1.165) is 26.2 Å². The van der Waals surface area contributed by atoms with Crippen LogP contribution in [0, 0.1) is 10.1 Å². The zero-order valence-electron chi connectivity index (χ0n) is 10.6. The fourth-order valence-corrected chi connectivity index (χ4v) is 4.27. The maximum Gasteiger partial charge on any atom is 0.346 e. The Hall–Kier alpha value is -0.980. The second-order valence-corrected chi connectivity index (χ2v) is 7.51. The Morgan fingerprint density at radius 3 is 2.40 bits per heavy atom. The van der Waals surface area contributed by atoms with E-state index in [-0.39, 0.29) is 12.3 Å². The Morgan fingerprint density at radius 2 is 1.90 bits per heavy atom. The molecule has 9 heteroatoms. The maximum absolute atomic E-state index is 12.7. The van der Waals surface area contributed by atoms with Crippen molar-refractivity contribution in [2.45, 2.75) is 6.61 Å². The molecular weight excluding hydrogens is 305 g/mol. The highest BCUT2D eigenvalue weighted by Crippen LogP contribution is 2.61. The standard InChI is InChI=1S/C11H13ClN3O4P/c12-10-2-1-9(11(7-10)15(16)17)8-19-20(18,13-3-4-13)14-5-6-14/h1-2,7H,3-6,8H2. The van der Waals surface area contributed by atoms with Crippen LogP contribution in [0.3, 0.4) is 0 Å². The predicted molar refractivity (Wildman–Crippen MR) is 73.6 cm³/mol. The minimum Gasteiger partial charge on any atom is -0.301 e. The van der Waals surface area contributed by atoms with Crippen LogP contribution < -0.4 is 0 Å². The largest absolute Gasteiger partial charge is 0.346 e. The van der Waals surface area contributed by atoms with Gasteiger partial charge in [0.1, 0.15) is 0 Å². The van der Waals surface area contributed by atoms with E-state index in [9.17, 15) is 14.7 Å². The normalized spacial score (nSPS) is 19.1. The van der Waals surface area contributed by atoms with E-state index in [1.165, 1.54) is 12.1 Å². The molecular formula is C11H13ClN3O4P. The van der Waals surface area contributed by atoms with Crippen LogP contribution in [0.5, 0.6) is 0 Å². The summed E-state index contributed by atoms with van der Waals surface area (Å²) < 4.78 is 21.8. The molecule has 1 aromatic rings. The van der Waals surface area contributed by atoms with E-state index in [2.05, 4.69) is 0 Å². The number of rotatable bonds is 6. The van der Waals surface area contributed by atoms with Crippen LogP contribution in [0.4, 0.5) is 5.69 Å². The van der Waals surface area contributed by atoms with Crippen LogP contribution in [0.15, 0.2) is 18.2 Å². The van der Waals surface area contributed by atoms with Crippen LogP contribution >= 0.6 is 19.3 Å². The van der Waals surface area contributed by atoms with Crippen LogP contribution in [0.2, 0.25) is 5.02 Å². The van der Waals surface area contributed by atoms with Crippen molar-refractivity contribution < 1.29 is 14.0 Å². The number of benzene rings is 1. The fourth-order valence-electron chi connectivity index (χ4n) is 1.92. The molecule has 0 spiro atoms. The Labute approximate surface area is 120 Å². The third-order valence-corrected chi connectivity index (χ3v) is 6.12. The molecule has 2 aliphatic heterocycles. The number of nitro benzene ring substituents is 1.